The van der Waals surface area contributed by atoms with E-state index >= 15 is 0 Å². The summed E-state index contributed by atoms with van der Waals surface area (Å²) in [5.74, 6) is -0.222. The van der Waals surface area contributed by atoms with E-state index in [4.69, 9.17) is 9.15 Å². The number of carbonyl (C=O) groups is 1. The molecule has 0 aliphatic heterocycles. The summed E-state index contributed by atoms with van der Waals surface area (Å²) in [6.45, 7) is 2.33. The highest BCUT2D eigenvalue weighted by molar-refractivity contribution is 5.82. The first-order chi connectivity index (χ1) is 9.63. The van der Waals surface area contributed by atoms with Gasteiger partial charge >= 0.3 is 5.63 Å². The molecule has 0 aliphatic carbocycles. The molecular formula is C15H17NO4. The Kier molecular flexibility index (Phi) is 4.53. The summed E-state index contributed by atoms with van der Waals surface area (Å²) in [6.07, 6.45) is 0.893. The molecule has 0 fully saturated rings. The van der Waals surface area contributed by atoms with E-state index in [1.165, 1.54) is 13.2 Å². The van der Waals surface area contributed by atoms with Crippen LogP contribution in [0.2, 0.25) is 0 Å². The first-order valence-corrected chi connectivity index (χ1v) is 6.45. The van der Waals surface area contributed by atoms with Gasteiger partial charge in [0.1, 0.15) is 12.2 Å². The number of hydrogen-bond donors (Lipinski definition) is 1. The van der Waals surface area contributed by atoms with E-state index in [-0.39, 0.29) is 19.1 Å². The lowest BCUT2D eigenvalue weighted by Gasteiger charge is -2.08. The summed E-state index contributed by atoms with van der Waals surface area (Å²) < 4.78 is 9.91. The zero-order valence-corrected chi connectivity index (χ0v) is 11.6. The maximum Gasteiger partial charge on any atom is 0.336 e. The molecule has 1 amide bonds. The minimum Gasteiger partial charge on any atom is -0.423 e. The third kappa shape index (κ3) is 3.24. The van der Waals surface area contributed by atoms with Crippen molar-refractivity contribution >= 4 is 16.9 Å². The van der Waals surface area contributed by atoms with Gasteiger partial charge in [-0.2, -0.15) is 0 Å². The van der Waals surface area contributed by atoms with Crippen LogP contribution in [-0.2, 0) is 22.5 Å². The van der Waals surface area contributed by atoms with Gasteiger partial charge in [0.25, 0.3) is 0 Å². The molecular weight excluding hydrogens is 258 g/mol. The normalized spacial score (nSPS) is 10.7. The third-order valence-corrected chi connectivity index (χ3v) is 3.05. The van der Waals surface area contributed by atoms with E-state index < -0.39 is 5.63 Å². The molecule has 0 radical (unpaired) electrons. The lowest BCUT2D eigenvalue weighted by Crippen LogP contribution is -2.27. The van der Waals surface area contributed by atoms with Crippen molar-refractivity contribution in [2.45, 2.75) is 19.9 Å². The molecule has 0 bridgehead atoms. The van der Waals surface area contributed by atoms with Crippen LogP contribution in [0.15, 0.2) is 33.5 Å². The van der Waals surface area contributed by atoms with Crippen molar-refractivity contribution < 1.29 is 13.9 Å². The Morgan fingerprint density at radius 1 is 1.35 bits per heavy atom. The fourth-order valence-electron chi connectivity index (χ4n) is 2.02. The highest BCUT2D eigenvalue weighted by Crippen LogP contribution is 2.19. The number of aryl methyl sites for hydroxylation is 1. The number of carbonyl (C=O) groups excluding carboxylic acids is 1. The Balaban J connectivity index is 2.35. The van der Waals surface area contributed by atoms with Gasteiger partial charge in [-0.25, -0.2) is 4.79 Å². The van der Waals surface area contributed by atoms with Gasteiger partial charge in [-0.05, 0) is 29.7 Å². The number of ether oxygens (including phenoxy) is 1. The summed E-state index contributed by atoms with van der Waals surface area (Å²) in [5, 5.41) is 3.56. The van der Waals surface area contributed by atoms with Crippen LogP contribution in [0, 0.1) is 0 Å². The van der Waals surface area contributed by atoms with Crippen molar-refractivity contribution in [2.75, 3.05) is 13.7 Å². The molecule has 1 heterocycles. The van der Waals surface area contributed by atoms with Crippen molar-refractivity contribution in [3.05, 3.63) is 45.8 Å². The van der Waals surface area contributed by atoms with Crippen LogP contribution in [0.5, 0.6) is 0 Å². The zero-order chi connectivity index (χ0) is 14.5. The summed E-state index contributed by atoms with van der Waals surface area (Å²) in [5.41, 5.74) is 2.01. The summed E-state index contributed by atoms with van der Waals surface area (Å²) in [6, 6.07) is 7.11. The van der Waals surface area contributed by atoms with Gasteiger partial charge in [-0.3, -0.25) is 4.79 Å². The van der Waals surface area contributed by atoms with Gasteiger partial charge in [0, 0.05) is 25.1 Å². The molecule has 0 unspecified atom stereocenters. The number of methoxy groups -OCH3 is 1. The Morgan fingerprint density at radius 2 is 2.15 bits per heavy atom. The lowest BCUT2D eigenvalue weighted by atomic mass is 10.1. The molecule has 1 aromatic heterocycles. The average molecular weight is 275 g/mol. The average Bonchev–Trinajstić information content (AvgIpc) is 2.44. The van der Waals surface area contributed by atoms with E-state index in [1.54, 1.807) is 6.07 Å². The minimum absolute atomic E-state index is 0.000413. The minimum atomic E-state index is -0.419. The van der Waals surface area contributed by atoms with E-state index in [2.05, 4.69) is 12.2 Å². The van der Waals surface area contributed by atoms with Gasteiger partial charge in [0.05, 0.1) is 0 Å². The van der Waals surface area contributed by atoms with Crippen molar-refractivity contribution in [1.82, 2.24) is 5.32 Å². The van der Waals surface area contributed by atoms with Gasteiger partial charge in [0.2, 0.25) is 5.91 Å². The topological polar surface area (TPSA) is 68.5 Å². The monoisotopic (exact) mass is 275 g/mol. The van der Waals surface area contributed by atoms with Gasteiger partial charge in [0.15, 0.2) is 0 Å². The quantitative estimate of drug-likeness (QED) is 0.842. The van der Waals surface area contributed by atoms with Crippen LogP contribution in [0.25, 0.3) is 11.0 Å². The van der Waals surface area contributed by atoms with Crippen LogP contribution in [0.4, 0.5) is 0 Å². The van der Waals surface area contributed by atoms with Crippen molar-refractivity contribution in [3.63, 3.8) is 0 Å². The molecule has 0 saturated carbocycles. The molecule has 106 valence electrons. The van der Waals surface area contributed by atoms with Crippen LogP contribution in [-0.4, -0.2) is 19.6 Å². The highest BCUT2D eigenvalue weighted by Gasteiger charge is 2.08. The molecule has 1 N–H and O–H groups in total. The molecule has 5 heteroatoms. The van der Waals surface area contributed by atoms with E-state index in [0.29, 0.717) is 5.58 Å². The number of amides is 1. The summed E-state index contributed by atoms with van der Waals surface area (Å²) >= 11 is 0. The molecule has 20 heavy (non-hydrogen) atoms. The lowest BCUT2D eigenvalue weighted by molar-refractivity contribution is -0.124. The predicted octanol–water partition coefficient (Wildman–Crippen LogP) is 1.62. The molecule has 2 aromatic rings. The van der Waals surface area contributed by atoms with Crippen LogP contribution in [0.3, 0.4) is 0 Å². The SMILES string of the molecule is CCc1ccc2oc(=O)cc(CNC(=O)COC)c2c1. The first kappa shape index (κ1) is 14.3. The maximum absolute atomic E-state index is 11.5. The van der Waals surface area contributed by atoms with E-state index in [9.17, 15) is 9.59 Å². The fourth-order valence-corrected chi connectivity index (χ4v) is 2.02. The highest BCUT2D eigenvalue weighted by atomic mass is 16.5. The largest absolute Gasteiger partial charge is 0.423 e. The number of nitrogens with one attached hydrogen (secondary N) is 1. The van der Waals surface area contributed by atoms with Crippen molar-refractivity contribution in [2.24, 2.45) is 0 Å². The number of rotatable bonds is 5. The van der Waals surface area contributed by atoms with E-state index in [1.807, 2.05) is 12.1 Å². The van der Waals surface area contributed by atoms with E-state index in [0.717, 1.165) is 22.9 Å². The molecule has 5 nitrogen and oxygen atoms in total. The molecule has 0 atom stereocenters. The van der Waals surface area contributed by atoms with Gasteiger partial charge in [-0.15, -0.1) is 0 Å². The maximum atomic E-state index is 11.5. The summed E-state index contributed by atoms with van der Waals surface area (Å²) in [7, 11) is 1.46. The van der Waals surface area contributed by atoms with Crippen LogP contribution in [0.1, 0.15) is 18.1 Å². The Labute approximate surface area is 116 Å². The Bertz CT molecular complexity index is 675. The zero-order valence-electron chi connectivity index (χ0n) is 11.6. The third-order valence-electron chi connectivity index (χ3n) is 3.05. The van der Waals surface area contributed by atoms with Gasteiger partial charge in [-0.1, -0.05) is 13.0 Å². The van der Waals surface area contributed by atoms with Crippen LogP contribution >= 0.6 is 0 Å². The molecule has 1 aromatic carbocycles. The van der Waals surface area contributed by atoms with Crippen LogP contribution < -0.4 is 10.9 Å². The fraction of sp³-hybridized carbons (Fsp3) is 0.333. The second-order valence-corrected chi connectivity index (χ2v) is 4.48. The van der Waals surface area contributed by atoms with Crippen molar-refractivity contribution in [1.29, 1.82) is 0 Å². The Hall–Kier alpha value is -2.14. The molecule has 0 spiro atoms. The van der Waals surface area contributed by atoms with Crippen molar-refractivity contribution in [3.8, 4) is 0 Å². The predicted molar refractivity (Wildman–Crippen MR) is 75.6 cm³/mol. The first-order valence-electron chi connectivity index (χ1n) is 6.45. The smallest absolute Gasteiger partial charge is 0.336 e. The van der Waals surface area contributed by atoms with Gasteiger partial charge < -0.3 is 14.5 Å². The Morgan fingerprint density at radius 3 is 2.85 bits per heavy atom. The number of benzene rings is 1. The second kappa shape index (κ2) is 6.34. The molecule has 0 aliphatic rings. The second-order valence-electron chi connectivity index (χ2n) is 4.48. The standard InChI is InChI=1S/C15H17NO4/c1-3-10-4-5-13-12(6-10)11(7-15(18)20-13)8-16-14(17)9-19-2/h4-7H,3,8-9H2,1-2H3,(H,16,17). The molecule has 2 rings (SSSR count). The summed E-state index contributed by atoms with van der Waals surface area (Å²) in [4.78, 5) is 22.9. The number of fused-ring (bicyclic) bond motifs is 1. The molecule has 0 saturated heterocycles. The number of hydrogen-bond acceptors (Lipinski definition) is 4.